The Labute approximate surface area is 98.9 Å². The molecule has 2 N–H and O–H groups in total. The molecule has 2 aromatic rings. The highest BCUT2D eigenvalue weighted by Gasteiger charge is 2.05. The average molecular weight is 230 g/mol. The van der Waals surface area contributed by atoms with E-state index in [1.165, 1.54) is 11.1 Å². The van der Waals surface area contributed by atoms with Crippen LogP contribution < -0.4 is 5.56 Å². The lowest BCUT2D eigenvalue weighted by Gasteiger charge is -2.05. The smallest absolute Gasteiger partial charge is 0.269 e. The predicted octanol–water partition coefficient (Wildman–Crippen LogP) is 1.55. The van der Waals surface area contributed by atoms with Gasteiger partial charge in [-0.25, -0.2) is 5.10 Å². The molecule has 0 aliphatic heterocycles. The topological polar surface area (TPSA) is 66.0 Å². The molecule has 0 spiro atoms. The summed E-state index contributed by atoms with van der Waals surface area (Å²) in [5, 5.41) is 15.4. The summed E-state index contributed by atoms with van der Waals surface area (Å²) in [4.78, 5) is 11.3. The average Bonchev–Trinajstić information content (AvgIpc) is 2.33. The SMILES string of the molecule is Cc1ccc(-c2cc(CO)c(=O)[nH]n2)cc1C. The Morgan fingerprint density at radius 1 is 1.24 bits per heavy atom. The fourth-order valence-electron chi connectivity index (χ4n) is 1.61. The molecule has 0 fully saturated rings. The van der Waals surface area contributed by atoms with Crippen LogP contribution in [-0.2, 0) is 6.61 Å². The number of aliphatic hydroxyl groups is 1. The molecular formula is C13H14N2O2. The van der Waals surface area contributed by atoms with Gasteiger partial charge in [-0.3, -0.25) is 4.79 Å². The van der Waals surface area contributed by atoms with Crippen molar-refractivity contribution >= 4 is 0 Å². The number of aryl methyl sites for hydroxylation is 2. The third-order valence-electron chi connectivity index (χ3n) is 2.85. The summed E-state index contributed by atoms with van der Waals surface area (Å²) in [6.45, 7) is 3.78. The maximum atomic E-state index is 11.3. The standard InChI is InChI=1S/C13H14N2O2/c1-8-3-4-10(5-9(8)2)12-6-11(7-16)13(17)15-14-12/h3-6,16H,7H2,1-2H3,(H,15,17). The lowest BCUT2D eigenvalue weighted by molar-refractivity contribution is 0.280. The van der Waals surface area contributed by atoms with Crippen LogP contribution in [0.25, 0.3) is 11.3 Å². The van der Waals surface area contributed by atoms with Crippen LogP contribution in [0.3, 0.4) is 0 Å². The molecule has 1 heterocycles. The van der Waals surface area contributed by atoms with Crippen LogP contribution in [0.15, 0.2) is 29.1 Å². The quantitative estimate of drug-likeness (QED) is 0.822. The van der Waals surface area contributed by atoms with Gasteiger partial charge in [0.1, 0.15) is 0 Å². The zero-order valence-electron chi connectivity index (χ0n) is 9.82. The number of H-pyrrole nitrogens is 1. The van der Waals surface area contributed by atoms with E-state index in [-0.39, 0.29) is 12.2 Å². The molecule has 0 unspecified atom stereocenters. The number of nitrogens with zero attached hydrogens (tertiary/aromatic N) is 1. The van der Waals surface area contributed by atoms with Crippen molar-refractivity contribution in [1.29, 1.82) is 0 Å². The van der Waals surface area contributed by atoms with Crippen LogP contribution in [-0.4, -0.2) is 15.3 Å². The maximum Gasteiger partial charge on any atom is 0.269 e. The molecule has 88 valence electrons. The Bertz CT molecular complexity index is 603. The first kappa shape index (κ1) is 11.5. The van der Waals surface area contributed by atoms with E-state index in [1.54, 1.807) is 6.07 Å². The lowest BCUT2D eigenvalue weighted by Crippen LogP contribution is -2.14. The highest BCUT2D eigenvalue weighted by atomic mass is 16.3. The van der Waals surface area contributed by atoms with Crippen LogP contribution in [0.4, 0.5) is 0 Å². The number of aromatic nitrogens is 2. The van der Waals surface area contributed by atoms with Gasteiger partial charge in [0, 0.05) is 11.1 Å². The van der Waals surface area contributed by atoms with Crippen molar-refractivity contribution < 1.29 is 5.11 Å². The van der Waals surface area contributed by atoms with E-state index < -0.39 is 0 Å². The number of aromatic amines is 1. The van der Waals surface area contributed by atoms with E-state index in [0.717, 1.165) is 5.56 Å². The fourth-order valence-corrected chi connectivity index (χ4v) is 1.61. The van der Waals surface area contributed by atoms with Crippen LogP contribution in [0.1, 0.15) is 16.7 Å². The van der Waals surface area contributed by atoms with Crippen molar-refractivity contribution in [2.75, 3.05) is 0 Å². The molecule has 4 heteroatoms. The van der Waals surface area contributed by atoms with Gasteiger partial charge in [-0.1, -0.05) is 12.1 Å². The van der Waals surface area contributed by atoms with Gasteiger partial charge in [0.25, 0.3) is 5.56 Å². The first-order valence-electron chi connectivity index (χ1n) is 5.39. The first-order valence-corrected chi connectivity index (χ1v) is 5.39. The van der Waals surface area contributed by atoms with Crippen LogP contribution in [0, 0.1) is 13.8 Å². The van der Waals surface area contributed by atoms with Crippen LogP contribution in [0.2, 0.25) is 0 Å². The van der Waals surface area contributed by atoms with E-state index in [1.807, 2.05) is 32.0 Å². The van der Waals surface area contributed by atoms with E-state index in [4.69, 9.17) is 5.11 Å². The van der Waals surface area contributed by atoms with Gasteiger partial charge in [-0.05, 0) is 37.1 Å². The minimum atomic E-state index is -0.347. The molecular weight excluding hydrogens is 216 g/mol. The van der Waals surface area contributed by atoms with E-state index in [9.17, 15) is 4.79 Å². The maximum absolute atomic E-state index is 11.3. The molecule has 1 aromatic carbocycles. The van der Waals surface area contributed by atoms with E-state index >= 15 is 0 Å². The van der Waals surface area contributed by atoms with E-state index in [0.29, 0.717) is 11.3 Å². The van der Waals surface area contributed by atoms with Gasteiger partial charge in [-0.15, -0.1) is 0 Å². The minimum Gasteiger partial charge on any atom is -0.391 e. The summed E-state index contributed by atoms with van der Waals surface area (Å²) < 4.78 is 0. The van der Waals surface area contributed by atoms with Crippen molar-refractivity contribution in [1.82, 2.24) is 10.2 Å². The molecule has 0 bridgehead atoms. The number of hydrogen-bond donors (Lipinski definition) is 2. The van der Waals surface area contributed by atoms with Crippen molar-refractivity contribution in [3.63, 3.8) is 0 Å². The third kappa shape index (κ3) is 2.26. The number of nitrogens with one attached hydrogen (secondary N) is 1. The summed E-state index contributed by atoms with van der Waals surface area (Å²) in [7, 11) is 0. The number of aliphatic hydroxyl groups excluding tert-OH is 1. The molecule has 0 atom stereocenters. The Hall–Kier alpha value is -1.94. The van der Waals surface area contributed by atoms with Crippen molar-refractivity contribution in [3.05, 3.63) is 51.3 Å². The monoisotopic (exact) mass is 230 g/mol. The molecule has 0 radical (unpaired) electrons. The summed E-state index contributed by atoms with van der Waals surface area (Å²) in [6.07, 6.45) is 0. The molecule has 0 amide bonds. The molecule has 17 heavy (non-hydrogen) atoms. The van der Waals surface area contributed by atoms with Gasteiger partial charge >= 0.3 is 0 Å². The Balaban J connectivity index is 2.53. The normalized spacial score (nSPS) is 10.5. The largest absolute Gasteiger partial charge is 0.391 e. The summed E-state index contributed by atoms with van der Waals surface area (Å²) in [5.74, 6) is 0. The van der Waals surface area contributed by atoms with Gasteiger partial charge < -0.3 is 5.11 Å². The molecule has 0 aliphatic carbocycles. The highest BCUT2D eigenvalue weighted by molar-refractivity contribution is 5.60. The number of benzene rings is 1. The van der Waals surface area contributed by atoms with Crippen molar-refractivity contribution in [2.45, 2.75) is 20.5 Å². The molecule has 2 rings (SSSR count). The second-order valence-electron chi connectivity index (χ2n) is 4.06. The second-order valence-corrected chi connectivity index (χ2v) is 4.06. The summed E-state index contributed by atoms with van der Waals surface area (Å²) >= 11 is 0. The van der Waals surface area contributed by atoms with E-state index in [2.05, 4.69) is 10.2 Å². The molecule has 4 nitrogen and oxygen atoms in total. The molecule has 0 saturated carbocycles. The van der Waals surface area contributed by atoms with Crippen molar-refractivity contribution in [3.8, 4) is 11.3 Å². The fraction of sp³-hybridized carbons (Fsp3) is 0.231. The Morgan fingerprint density at radius 2 is 2.00 bits per heavy atom. The molecule has 0 aliphatic rings. The van der Waals surface area contributed by atoms with Gasteiger partial charge in [-0.2, -0.15) is 5.10 Å². The third-order valence-corrected chi connectivity index (χ3v) is 2.85. The summed E-state index contributed by atoms with van der Waals surface area (Å²) in [5.41, 5.74) is 3.95. The van der Waals surface area contributed by atoms with Gasteiger partial charge in [0.2, 0.25) is 0 Å². The first-order chi connectivity index (χ1) is 8.11. The van der Waals surface area contributed by atoms with Gasteiger partial charge in [0.05, 0.1) is 12.3 Å². The number of rotatable bonds is 2. The van der Waals surface area contributed by atoms with Crippen molar-refractivity contribution in [2.24, 2.45) is 0 Å². The highest BCUT2D eigenvalue weighted by Crippen LogP contribution is 2.19. The second kappa shape index (κ2) is 4.51. The lowest BCUT2D eigenvalue weighted by atomic mass is 10.0. The zero-order chi connectivity index (χ0) is 12.4. The zero-order valence-corrected chi connectivity index (χ0v) is 9.82. The van der Waals surface area contributed by atoms with Gasteiger partial charge in [0.15, 0.2) is 0 Å². The van der Waals surface area contributed by atoms with Crippen LogP contribution >= 0.6 is 0 Å². The predicted molar refractivity (Wildman–Crippen MR) is 65.7 cm³/mol. The Kier molecular flexibility index (Phi) is 3.06. The number of hydrogen-bond acceptors (Lipinski definition) is 3. The molecule has 1 aromatic heterocycles. The Morgan fingerprint density at radius 3 is 2.65 bits per heavy atom. The van der Waals surface area contributed by atoms with Crippen LogP contribution in [0.5, 0.6) is 0 Å². The minimum absolute atomic E-state index is 0.282. The molecule has 0 saturated heterocycles. The summed E-state index contributed by atoms with van der Waals surface area (Å²) in [6, 6.07) is 7.58.